The molecule has 3 heteroatoms. The first kappa shape index (κ1) is 11.9. The van der Waals surface area contributed by atoms with Crippen molar-refractivity contribution >= 4 is 12.4 Å². The van der Waals surface area contributed by atoms with Crippen molar-refractivity contribution in [1.29, 1.82) is 0 Å². The molecule has 0 atom stereocenters. The summed E-state index contributed by atoms with van der Waals surface area (Å²) in [5.41, 5.74) is 1.36. The van der Waals surface area contributed by atoms with E-state index in [0.717, 1.165) is 18.4 Å². The zero-order chi connectivity index (χ0) is 11.6. The van der Waals surface area contributed by atoms with Crippen LogP contribution in [0.25, 0.3) is 0 Å². The number of hydrogen-bond acceptors (Lipinski definition) is 2. The lowest BCUT2D eigenvalue weighted by molar-refractivity contribution is 0.460. The Balaban J connectivity index is 2.24. The normalized spacial score (nSPS) is 18.6. The fourth-order valence-electron chi connectivity index (χ4n) is 2.27. The lowest BCUT2D eigenvalue weighted by Gasteiger charge is -2.23. The molecule has 1 aliphatic rings. The summed E-state index contributed by atoms with van der Waals surface area (Å²) in [6.07, 6.45) is 2.39. The molecule has 1 saturated heterocycles. The SMILES string of the molecule is CP(C)(=O)c1cccc(C2CCNCC2)c1. The second-order valence-electron chi connectivity index (χ2n) is 4.97. The third-order valence-electron chi connectivity index (χ3n) is 3.30. The molecule has 1 fully saturated rings. The highest BCUT2D eigenvalue weighted by molar-refractivity contribution is 7.70. The third-order valence-corrected chi connectivity index (χ3v) is 4.82. The van der Waals surface area contributed by atoms with E-state index in [4.69, 9.17) is 0 Å². The molecule has 0 radical (unpaired) electrons. The van der Waals surface area contributed by atoms with Crippen LogP contribution in [0.4, 0.5) is 0 Å². The van der Waals surface area contributed by atoms with E-state index in [0.29, 0.717) is 5.92 Å². The molecule has 1 heterocycles. The van der Waals surface area contributed by atoms with E-state index in [-0.39, 0.29) is 0 Å². The number of benzene rings is 1. The summed E-state index contributed by atoms with van der Waals surface area (Å²) in [6, 6.07) is 8.36. The molecule has 0 spiro atoms. The highest BCUT2D eigenvalue weighted by Gasteiger charge is 2.17. The Morgan fingerprint density at radius 3 is 2.56 bits per heavy atom. The zero-order valence-corrected chi connectivity index (χ0v) is 11.0. The van der Waals surface area contributed by atoms with Crippen molar-refractivity contribution in [3.05, 3.63) is 29.8 Å². The van der Waals surface area contributed by atoms with Crippen LogP contribution in [-0.4, -0.2) is 26.4 Å². The topological polar surface area (TPSA) is 29.1 Å². The van der Waals surface area contributed by atoms with Crippen LogP contribution in [0.2, 0.25) is 0 Å². The van der Waals surface area contributed by atoms with Crippen molar-refractivity contribution in [3.8, 4) is 0 Å². The second kappa shape index (κ2) is 4.73. The predicted octanol–water partition coefficient (Wildman–Crippen LogP) is 2.40. The van der Waals surface area contributed by atoms with Crippen molar-refractivity contribution < 1.29 is 4.57 Å². The van der Waals surface area contributed by atoms with E-state index in [1.807, 2.05) is 25.5 Å². The van der Waals surface area contributed by atoms with Gasteiger partial charge in [-0.2, -0.15) is 0 Å². The lowest BCUT2D eigenvalue weighted by atomic mass is 9.90. The standard InChI is InChI=1S/C13H20NOP/c1-16(2,15)13-5-3-4-12(10-13)11-6-8-14-9-7-11/h3-5,10-11,14H,6-9H2,1-2H3. The smallest absolute Gasteiger partial charge is 0.109 e. The number of piperidine rings is 1. The summed E-state index contributed by atoms with van der Waals surface area (Å²) < 4.78 is 12.0. The van der Waals surface area contributed by atoms with Crippen LogP contribution in [0.5, 0.6) is 0 Å². The van der Waals surface area contributed by atoms with Gasteiger partial charge < -0.3 is 9.88 Å². The van der Waals surface area contributed by atoms with E-state index in [2.05, 4.69) is 17.4 Å². The van der Waals surface area contributed by atoms with Gasteiger partial charge in [-0.25, -0.2) is 0 Å². The van der Waals surface area contributed by atoms with Crippen molar-refractivity contribution in [1.82, 2.24) is 5.32 Å². The van der Waals surface area contributed by atoms with Gasteiger partial charge in [0.25, 0.3) is 0 Å². The molecular formula is C13H20NOP. The molecular weight excluding hydrogens is 217 g/mol. The van der Waals surface area contributed by atoms with Crippen molar-refractivity contribution in [3.63, 3.8) is 0 Å². The minimum atomic E-state index is -2.11. The molecule has 0 bridgehead atoms. The highest BCUT2D eigenvalue weighted by Crippen LogP contribution is 2.36. The Hall–Kier alpha value is -0.590. The van der Waals surface area contributed by atoms with Gasteiger partial charge in [0, 0.05) is 5.30 Å². The average molecular weight is 237 g/mol. The Labute approximate surface area is 97.8 Å². The first-order chi connectivity index (χ1) is 7.57. The molecule has 0 aromatic heterocycles. The molecule has 16 heavy (non-hydrogen) atoms. The first-order valence-corrected chi connectivity index (χ1v) is 8.54. The van der Waals surface area contributed by atoms with Crippen LogP contribution in [-0.2, 0) is 4.57 Å². The monoisotopic (exact) mass is 237 g/mol. The van der Waals surface area contributed by atoms with Crippen LogP contribution in [0.15, 0.2) is 24.3 Å². The van der Waals surface area contributed by atoms with Crippen LogP contribution in [0.1, 0.15) is 24.3 Å². The summed E-state index contributed by atoms with van der Waals surface area (Å²) in [5.74, 6) is 0.646. The van der Waals surface area contributed by atoms with E-state index in [1.165, 1.54) is 18.4 Å². The van der Waals surface area contributed by atoms with Crippen LogP contribution in [0, 0.1) is 0 Å². The maximum atomic E-state index is 12.0. The highest BCUT2D eigenvalue weighted by atomic mass is 31.2. The number of hydrogen-bond donors (Lipinski definition) is 1. The molecule has 1 aromatic carbocycles. The van der Waals surface area contributed by atoms with Gasteiger partial charge in [0.05, 0.1) is 0 Å². The largest absolute Gasteiger partial charge is 0.319 e. The lowest BCUT2D eigenvalue weighted by Crippen LogP contribution is -2.26. The minimum absolute atomic E-state index is 0.646. The summed E-state index contributed by atoms with van der Waals surface area (Å²) in [4.78, 5) is 0. The van der Waals surface area contributed by atoms with E-state index < -0.39 is 7.14 Å². The molecule has 1 aromatic rings. The van der Waals surface area contributed by atoms with Crippen LogP contribution < -0.4 is 10.6 Å². The summed E-state index contributed by atoms with van der Waals surface area (Å²) >= 11 is 0. The summed E-state index contributed by atoms with van der Waals surface area (Å²) in [7, 11) is -2.11. The molecule has 1 N–H and O–H groups in total. The van der Waals surface area contributed by atoms with E-state index >= 15 is 0 Å². The summed E-state index contributed by atoms with van der Waals surface area (Å²) in [6.45, 7) is 5.89. The number of nitrogens with one attached hydrogen (secondary N) is 1. The van der Waals surface area contributed by atoms with Gasteiger partial charge in [-0.15, -0.1) is 0 Å². The molecule has 1 aliphatic heterocycles. The molecule has 2 nitrogen and oxygen atoms in total. The fraction of sp³-hybridized carbons (Fsp3) is 0.538. The number of rotatable bonds is 2. The minimum Gasteiger partial charge on any atom is -0.319 e. The average Bonchev–Trinajstić information content (AvgIpc) is 2.29. The zero-order valence-electron chi connectivity index (χ0n) is 10.1. The molecule has 0 saturated carbocycles. The van der Waals surface area contributed by atoms with Gasteiger partial charge in [0.15, 0.2) is 0 Å². The molecule has 0 aliphatic carbocycles. The summed E-state index contributed by atoms with van der Waals surface area (Å²) in [5, 5.41) is 4.39. The van der Waals surface area contributed by atoms with Crippen molar-refractivity contribution in [2.75, 3.05) is 26.4 Å². The molecule has 88 valence electrons. The van der Waals surface area contributed by atoms with Gasteiger partial charge in [-0.05, 0) is 56.8 Å². The quantitative estimate of drug-likeness (QED) is 0.800. The maximum absolute atomic E-state index is 12.0. The Morgan fingerprint density at radius 2 is 1.94 bits per heavy atom. The second-order valence-corrected chi connectivity index (χ2v) is 8.19. The molecule has 2 rings (SSSR count). The van der Waals surface area contributed by atoms with Crippen LogP contribution >= 0.6 is 7.14 Å². The Bertz CT molecular complexity index is 404. The molecule has 0 amide bonds. The van der Waals surface area contributed by atoms with Crippen LogP contribution in [0.3, 0.4) is 0 Å². The Kier molecular flexibility index (Phi) is 3.51. The van der Waals surface area contributed by atoms with Crippen molar-refractivity contribution in [2.45, 2.75) is 18.8 Å². The van der Waals surface area contributed by atoms with Gasteiger partial charge in [0.1, 0.15) is 7.14 Å². The van der Waals surface area contributed by atoms with E-state index in [9.17, 15) is 4.57 Å². The van der Waals surface area contributed by atoms with Gasteiger partial charge in [0.2, 0.25) is 0 Å². The van der Waals surface area contributed by atoms with Gasteiger partial charge in [-0.3, -0.25) is 0 Å². The predicted molar refractivity (Wildman–Crippen MR) is 70.4 cm³/mol. The van der Waals surface area contributed by atoms with Gasteiger partial charge in [-0.1, -0.05) is 18.2 Å². The third kappa shape index (κ3) is 2.75. The van der Waals surface area contributed by atoms with Crippen molar-refractivity contribution in [2.24, 2.45) is 0 Å². The first-order valence-electron chi connectivity index (χ1n) is 5.93. The molecule has 0 unspecified atom stereocenters. The van der Waals surface area contributed by atoms with E-state index in [1.54, 1.807) is 0 Å². The maximum Gasteiger partial charge on any atom is 0.109 e. The Morgan fingerprint density at radius 1 is 1.25 bits per heavy atom. The van der Waals surface area contributed by atoms with Gasteiger partial charge >= 0.3 is 0 Å². The fourth-order valence-corrected chi connectivity index (χ4v) is 3.17.